The Kier molecular flexibility index (Phi) is 5.56. The third-order valence-electron chi connectivity index (χ3n) is 4.96. The van der Waals surface area contributed by atoms with Gasteiger partial charge in [0.25, 0.3) is 0 Å². The molecule has 0 atom stereocenters. The van der Waals surface area contributed by atoms with Crippen molar-refractivity contribution >= 4 is 16.9 Å². The molecular weight excluding hydrogens is 385 g/mol. The first-order chi connectivity index (χ1) is 14.5. The van der Waals surface area contributed by atoms with Crippen LogP contribution in [-0.4, -0.2) is 32.2 Å². The highest BCUT2D eigenvalue weighted by Gasteiger charge is 2.13. The monoisotopic (exact) mass is 407 g/mol. The SMILES string of the molecule is Cc1ccc(-c2nnc(CCC(=O)NCCc3nc4c(F)cccc4n3C)o2)cc1. The van der Waals surface area contributed by atoms with E-state index in [0.29, 0.717) is 36.7 Å². The summed E-state index contributed by atoms with van der Waals surface area (Å²) in [7, 11) is 1.84. The summed E-state index contributed by atoms with van der Waals surface area (Å²) in [5.41, 5.74) is 3.08. The molecule has 0 fully saturated rings. The van der Waals surface area contributed by atoms with Crippen molar-refractivity contribution in [2.75, 3.05) is 6.54 Å². The molecule has 154 valence electrons. The molecule has 1 amide bonds. The van der Waals surface area contributed by atoms with Gasteiger partial charge < -0.3 is 14.3 Å². The fourth-order valence-electron chi connectivity index (χ4n) is 3.24. The number of carbonyl (C=O) groups is 1. The summed E-state index contributed by atoms with van der Waals surface area (Å²) in [6, 6.07) is 12.7. The largest absolute Gasteiger partial charge is 0.421 e. The van der Waals surface area contributed by atoms with Crippen LogP contribution < -0.4 is 5.32 Å². The van der Waals surface area contributed by atoms with Gasteiger partial charge in [0, 0.05) is 38.4 Å². The summed E-state index contributed by atoms with van der Waals surface area (Å²) in [6.45, 7) is 2.42. The van der Waals surface area contributed by atoms with Crippen LogP contribution >= 0.6 is 0 Å². The normalized spacial score (nSPS) is 11.2. The molecule has 7 nitrogen and oxygen atoms in total. The van der Waals surface area contributed by atoms with Gasteiger partial charge in [0.2, 0.25) is 17.7 Å². The van der Waals surface area contributed by atoms with Crippen LogP contribution in [-0.2, 0) is 24.7 Å². The fraction of sp³-hybridized carbons (Fsp3) is 0.273. The molecule has 8 heteroatoms. The number of benzene rings is 2. The van der Waals surface area contributed by atoms with E-state index in [4.69, 9.17) is 4.42 Å². The second kappa shape index (κ2) is 8.44. The fourth-order valence-corrected chi connectivity index (χ4v) is 3.24. The molecule has 0 radical (unpaired) electrons. The van der Waals surface area contributed by atoms with Crippen molar-refractivity contribution in [1.82, 2.24) is 25.1 Å². The number of para-hydroxylation sites is 1. The van der Waals surface area contributed by atoms with Gasteiger partial charge in [0.05, 0.1) is 5.52 Å². The molecule has 0 aliphatic heterocycles. The zero-order valence-corrected chi connectivity index (χ0v) is 16.9. The van der Waals surface area contributed by atoms with Crippen molar-refractivity contribution in [3.8, 4) is 11.5 Å². The van der Waals surface area contributed by atoms with Gasteiger partial charge in [-0.1, -0.05) is 23.8 Å². The molecule has 2 aromatic carbocycles. The van der Waals surface area contributed by atoms with Crippen LogP contribution in [0.2, 0.25) is 0 Å². The summed E-state index contributed by atoms with van der Waals surface area (Å²) in [5.74, 6) is 1.12. The van der Waals surface area contributed by atoms with Crippen molar-refractivity contribution in [2.45, 2.75) is 26.2 Å². The predicted octanol–water partition coefficient (Wildman–Crippen LogP) is 3.36. The lowest BCUT2D eigenvalue weighted by Crippen LogP contribution is -2.26. The van der Waals surface area contributed by atoms with Gasteiger partial charge in [-0.25, -0.2) is 9.37 Å². The van der Waals surface area contributed by atoms with Gasteiger partial charge >= 0.3 is 0 Å². The number of aryl methyl sites for hydroxylation is 3. The number of nitrogens with zero attached hydrogens (tertiary/aromatic N) is 4. The maximum absolute atomic E-state index is 13.9. The Morgan fingerprint density at radius 1 is 1.13 bits per heavy atom. The van der Waals surface area contributed by atoms with Crippen LogP contribution in [0.25, 0.3) is 22.5 Å². The minimum atomic E-state index is -0.344. The van der Waals surface area contributed by atoms with Gasteiger partial charge in [-0.15, -0.1) is 10.2 Å². The third kappa shape index (κ3) is 4.22. The standard InChI is InChI=1S/C22H22FN5O2/c1-14-6-8-15(9-7-14)22-27-26-20(30-22)11-10-19(29)24-13-12-18-25-21-16(23)4-3-5-17(21)28(18)2/h3-9H,10-13H2,1-2H3,(H,24,29). The van der Waals surface area contributed by atoms with E-state index in [-0.39, 0.29) is 18.1 Å². The number of fused-ring (bicyclic) bond motifs is 1. The quantitative estimate of drug-likeness (QED) is 0.508. The molecule has 1 N–H and O–H groups in total. The Hall–Kier alpha value is -3.55. The summed E-state index contributed by atoms with van der Waals surface area (Å²) in [5, 5.41) is 10.9. The van der Waals surface area contributed by atoms with E-state index >= 15 is 0 Å². The number of carbonyl (C=O) groups excluding carboxylic acids is 1. The lowest BCUT2D eigenvalue weighted by molar-refractivity contribution is -0.121. The number of aromatic nitrogens is 4. The van der Waals surface area contributed by atoms with E-state index in [9.17, 15) is 9.18 Å². The molecule has 0 saturated carbocycles. The molecule has 30 heavy (non-hydrogen) atoms. The molecule has 2 aromatic heterocycles. The number of amides is 1. The van der Waals surface area contributed by atoms with Crippen molar-refractivity contribution in [3.63, 3.8) is 0 Å². The maximum atomic E-state index is 13.9. The smallest absolute Gasteiger partial charge is 0.247 e. The number of rotatable bonds is 7. The first-order valence-corrected chi connectivity index (χ1v) is 9.77. The van der Waals surface area contributed by atoms with Crippen LogP contribution in [0, 0.1) is 12.7 Å². The molecule has 0 saturated heterocycles. The Balaban J connectivity index is 1.27. The minimum Gasteiger partial charge on any atom is -0.421 e. The third-order valence-corrected chi connectivity index (χ3v) is 4.96. The molecular formula is C22H22FN5O2. The second-order valence-electron chi connectivity index (χ2n) is 7.16. The highest BCUT2D eigenvalue weighted by atomic mass is 19.1. The Labute approximate surface area is 172 Å². The predicted molar refractivity (Wildman–Crippen MR) is 110 cm³/mol. The summed E-state index contributed by atoms with van der Waals surface area (Å²) >= 11 is 0. The Morgan fingerprint density at radius 2 is 1.93 bits per heavy atom. The van der Waals surface area contributed by atoms with Gasteiger partial charge in [-0.3, -0.25) is 4.79 Å². The minimum absolute atomic E-state index is 0.116. The van der Waals surface area contributed by atoms with Gasteiger partial charge in [-0.05, 0) is 31.2 Å². The van der Waals surface area contributed by atoms with E-state index in [1.54, 1.807) is 6.07 Å². The molecule has 4 aromatic rings. The highest BCUT2D eigenvalue weighted by Crippen LogP contribution is 2.19. The second-order valence-corrected chi connectivity index (χ2v) is 7.16. The Morgan fingerprint density at radius 3 is 2.70 bits per heavy atom. The molecule has 0 aliphatic rings. The molecule has 0 aliphatic carbocycles. The molecule has 0 unspecified atom stereocenters. The molecule has 0 spiro atoms. The van der Waals surface area contributed by atoms with Crippen LogP contribution in [0.3, 0.4) is 0 Å². The lowest BCUT2D eigenvalue weighted by Gasteiger charge is -2.05. The topological polar surface area (TPSA) is 85.8 Å². The zero-order chi connectivity index (χ0) is 21.1. The van der Waals surface area contributed by atoms with E-state index in [0.717, 1.165) is 22.5 Å². The summed E-state index contributed by atoms with van der Waals surface area (Å²) in [6.07, 6.45) is 1.11. The number of hydrogen-bond acceptors (Lipinski definition) is 5. The van der Waals surface area contributed by atoms with Gasteiger partial charge in [0.15, 0.2) is 5.82 Å². The van der Waals surface area contributed by atoms with Crippen LogP contribution in [0.1, 0.15) is 23.7 Å². The first kappa shape index (κ1) is 19.8. The highest BCUT2D eigenvalue weighted by molar-refractivity contribution is 5.77. The average molecular weight is 407 g/mol. The van der Waals surface area contributed by atoms with Crippen molar-refractivity contribution in [3.05, 3.63) is 65.6 Å². The van der Waals surface area contributed by atoms with E-state index in [1.807, 2.05) is 48.9 Å². The van der Waals surface area contributed by atoms with E-state index in [1.165, 1.54) is 6.07 Å². The number of halogens is 1. The van der Waals surface area contributed by atoms with Crippen molar-refractivity contribution in [1.29, 1.82) is 0 Å². The van der Waals surface area contributed by atoms with Gasteiger partial charge in [0.1, 0.15) is 11.3 Å². The Bertz CT molecular complexity index is 1180. The van der Waals surface area contributed by atoms with E-state index < -0.39 is 0 Å². The number of nitrogens with one attached hydrogen (secondary N) is 1. The van der Waals surface area contributed by atoms with Crippen molar-refractivity contribution < 1.29 is 13.6 Å². The van der Waals surface area contributed by atoms with Gasteiger partial charge in [-0.2, -0.15) is 0 Å². The summed E-state index contributed by atoms with van der Waals surface area (Å²) in [4.78, 5) is 16.5. The lowest BCUT2D eigenvalue weighted by atomic mass is 10.1. The molecule has 2 heterocycles. The van der Waals surface area contributed by atoms with E-state index in [2.05, 4.69) is 20.5 Å². The average Bonchev–Trinajstić information content (AvgIpc) is 3.33. The zero-order valence-electron chi connectivity index (χ0n) is 16.9. The first-order valence-electron chi connectivity index (χ1n) is 9.77. The molecule has 0 bridgehead atoms. The summed E-state index contributed by atoms with van der Waals surface area (Å²) < 4.78 is 21.3. The van der Waals surface area contributed by atoms with Crippen LogP contribution in [0.4, 0.5) is 4.39 Å². The van der Waals surface area contributed by atoms with Crippen molar-refractivity contribution in [2.24, 2.45) is 7.05 Å². The maximum Gasteiger partial charge on any atom is 0.247 e. The van der Waals surface area contributed by atoms with Crippen LogP contribution in [0.5, 0.6) is 0 Å². The molecule has 4 rings (SSSR count). The number of imidazole rings is 1. The number of hydrogen-bond donors (Lipinski definition) is 1. The van der Waals surface area contributed by atoms with Crippen LogP contribution in [0.15, 0.2) is 46.9 Å².